The van der Waals surface area contributed by atoms with Crippen LogP contribution in [0, 0.1) is 0 Å². The SMILES string of the molecule is CCNS(=O)(=O)c1ccc(NC(=O)CCBr)cc1. The van der Waals surface area contributed by atoms with Crippen molar-refractivity contribution in [3.63, 3.8) is 0 Å². The summed E-state index contributed by atoms with van der Waals surface area (Å²) in [6, 6.07) is 6.05. The highest BCUT2D eigenvalue weighted by Crippen LogP contribution is 2.14. The maximum absolute atomic E-state index is 11.7. The maximum Gasteiger partial charge on any atom is 0.240 e. The average molecular weight is 335 g/mol. The molecule has 0 aliphatic rings. The molecule has 0 saturated carbocycles. The molecule has 5 nitrogen and oxygen atoms in total. The smallest absolute Gasteiger partial charge is 0.240 e. The minimum absolute atomic E-state index is 0.117. The Kier molecular flexibility index (Phi) is 5.77. The van der Waals surface area contributed by atoms with E-state index in [4.69, 9.17) is 0 Å². The van der Waals surface area contributed by atoms with Crippen molar-refractivity contribution in [2.24, 2.45) is 0 Å². The first kappa shape index (κ1) is 15.1. The van der Waals surface area contributed by atoms with E-state index in [1.807, 2.05) is 0 Å². The molecule has 0 aliphatic heterocycles. The van der Waals surface area contributed by atoms with Crippen molar-refractivity contribution in [3.8, 4) is 0 Å². The Morgan fingerprint density at radius 1 is 1.28 bits per heavy atom. The lowest BCUT2D eigenvalue weighted by atomic mass is 10.3. The van der Waals surface area contributed by atoms with E-state index in [2.05, 4.69) is 26.0 Å². The van der Waals surface area contributed by atoms with Crippen molar-refractivity contribution in [2.45, 2.75) is 18.2 Å². The third-order valence-electron chi connectivity index (χ3n) is 2.10. The number of amides is 1. The minimum Gasteiger partial charge on any atom is -0.326 e. The monoisotopic (exact) mass is 334 g/mol. The number of hydrogen-bond donors (Lipinski definition) is 2. The number of benzene rings is 1. The van der Waals surface area contributed by atoms with Gasteiger partial charge in [-0.25, -0.2) is 13.1 Å². The maximum atomic E-state index is 11.7. The molecule has 7 heteroatoms. The Bertz CT molecular complexity index is 500. The number of rotatable bonds is 6. The second-order valence-corrected chi connectivity index (χ2v) is 6.07. The summed E-state index contributed by atoms with van der Waals surface area (Å²) in [6.07, 6.45) is 0.372. The topological polar surface area (TPSA) is 75.3 Å². The van der Waals surface area contributed by atoms with Gasteiger partial charge in [-0.2, -0.15) is 0 Å². The fraction of sp³-hybridized carbons (Fsp3) is 0.364. The third kappa shape index (κ3) is 4.40. The summed E-state index contributed by atoms with van der Waals surface area (Å²) in [4.78, 5) is 11.5. The molecule has 0 aliphatic carbocycles. The lowest BCUT2D eigenvalue weighted by molar-refractivity contribution is -0.115. The molecule has 100 valence electrons. The zero-order valence-electron chi connectivity index (χ0n) is 9.94. The molecule has 1 aromatic carbocycles. The number of carbonyl (C=O) groups excluding carboxylic acids is 1. The summed E-state index contributed by atoms with van der Waals surface area (Å²) in [5, 5.41) is 3.26. The number of nitrogens with one attached hydrogen (secondary N) is 2. The van der Waals surface area contributed by atoms with Crippen LogP contribution < -0.4 is 10.0 Å². The Morgan fingerprint density at radius 3 is 2.39 bits per heavy atom. The van der Waals surface area contributed by atoms with Crippen molar-refractivity contribution >= 4 is 37.5 Å². The molecule has 0 spiro atoms. The average Bonchev–Trinajstić information content (AvgIpc) is 2.30. The molecular formula is C11H15BrN2O3S. The Morgan fingerprint density at radius 2 is 1.89 bits per heavy atom. The van der Waals surface area contributed by atoms with Crippen molar-refractivity contribution in [1.29, 1.82) is 0 Å². The lowest BCUT2D eigenvalue weighted by Gasteiger charge is -2.07. The van der Waals surface area contributed by atoms with Crippen LogP contribution in [0.4, 0.5) is 5.69 Å². The van der Waals surface area contributed by atoms with E-state index in [-0.39, 0.29) is 10.8 Å². The number of carbonyl (C=O) groups is 1. The second-order valence-electron chi connectivity index (χ2n) is 3.51. The van der Waals surface area contributed by atoms with E-state index in [1.165, 1.54) is 12.1 Å². The lowest BCUT2D eigenvalue weighted by Crippen LogP contribution is -2.23. The largest absolute Gasteiger partial charge is 0.326 e. The molecule has 0 radical (unpaired) electrons. The van der Waals surface area contributed by atoms with Crippen molar-refractivity contribution < 1.29 is 13.2 Å². The van der Waals surface area contributed by atoms with Crippen LogP contribution in [0.25, 0.3) is 0 Å². The molecule has 0 aromatic heterocycles. The standard InChI is InChI=1S/C11H15BrN2O3S/c1-2-13-18(16,17)10-5-3-9(4-6-10)14-11(15)7-8-12/h3-6,13H,2,7-8H2,1H3,(H,14,15). The van der Waals surface area contributed by atoms with Gasteiger partial charge in [0.2, 0.25) is 15.9 Å². The highest BCUT2D eigenvalue weighted by molar-refractivity contribution is 9.09. The van der Waals surface area contributed by atoms with Crippen LogP contribution in [0.2, 0.25) is 0 Å². The summed E-state index contributed by atoms with van der Waals surface area (Å²) in [6.45, 7) is 2.05. The van der Waals surface area contributed by atoms with E-state index in [0.29, 0.717) is 24.0 Å². The fourth-order valence-electron chi connectivity index (χ4n) is 1.30. The van der Waals surface area contributed by atoms with Crippen molar-refractivity contribution in [2.75, 3.05) is 17.2 Å². The van der Waals surface area contributed by atoms with Crippen LogP contribution in [0.1, 0.15) is 13.3 Å². The van der Waals surface area contributed by atoms with Crippen LogP contribution >= 0.6 is 15.9 Å². The summed E-state index contributed by atoms with van der Waals surface area (Å²) in [5.74, 6) is -0.117. The molecule has 0 fully saturated rings. The minimum atomic E-state index is -3.44. The Hall–Kier alpha value is -0.920. The third-order valence-corrected chi connectivity index (χ3v) is 4.06. The number of alkyl halides is 1. The van der Waals surface area contributed by atoms with Crippen LogP contribution in [0.15, 0.2) is 29.2 Å². The second kappa shape index (κ2) is 6.86. The van der Waals surface area contributed by atoms with Gasteiger partial charge in [0.1, 0.15) is 0 Å². The molecule has 1 rings (SSSR count). The van der Waals surface area contributed by atoms with Gasteiger partial charge in [-0.1, -0.05) is 22.9 Å². The Labute approximate surface area is 115 Å². The van der Waals surface area contributed by atoms with Gasteiger partial charge in [0, 0.05) is 24.0 Å². The highest BCUT2D eigenvalue weighted by Gasteiger charge is 2.12. The van der Waals surface area contributed by atoms with E-state index in [9.17, 15) is 13.2 Å². The molecule has 2 N–H and O–H groups in total. The van der Waals surface area contributed by atoms with Gasteiger partial charge >= 0.3 is 0 Å². The number of halogens is 1. The highest BCUT2D eigenvalue weighted by atomic mass is 79.9. The van der Waals surface area contributed by atoms with E-state index in [1.54, 1.807) is 19.1 Å². The zero-order valence-corrected chi connectivity index (χ0v) is 12.3. The molecule has 1 aromatic rings. The van der Waals surface area contributed by atoms with E-state index >= 15 is 0 Å². The summed E-state index contributed by atoms with van der Waals surface area (Å²) in [7, 11) is -3.44. The van der Waals surface area contributed by atoms with Crippen molar-refractivity contribution in [3.05, 3.63) is 24.3 Å². The molecule has 1 amide bonds. The van der Waals surface area contributed by atoms with Crippen LogP contribution in [-0.4, -0.2) is 26.2 Å². The summed E-state index contributed by atoms with van der Waals surface area (Å²) in [5.41, 5.74) is 0.580. The first-order chi connectivity index (χ1) is 8.49. The van der Waals surface area contributed by atoms with Crippen LogP contribution in [-0.2, 0) is 14.8 Å². The van der Waals surface area contributed by atoms with Crippen LogP contribution in [0.5, 0.6) is 0 Å². The summed E-state index contributed by atoms with van der Waals surface area (Å²) >= 11 is 3.17. The molecule has 18 heavy (non-hydrogen) atoms. The molecule has 0 saturated heterocycles. The molecule has 0 unspecified atom stereocenters. The van der Waals surface area contributed by atoms with Gasteiger partial charge < -0.3 is 5.32 Å². The Balaban J connectivity index is 2.77. The zero-order chi connectivity index (χ0) is 13.6. The quantitative estimate of drug-likeness (QED) is 0.777. The molecular weight excluding hydrogens is 320 g/mol. The van der Waals surface area contributed by atoms with Crippen molar-refractivity contribution in [1.82, 2.24) is 4.72 Å². The van der Waals surface area contributed by atoms with Gasteiger partial charge in [0.05, 0.1) is 4.90 Å². The predicted octanol–water partition coefficient (Wildman–Crippen LogP) is 1.71. The van der Waals surface area contributed by atoms with Gasteiger partial charge in [0.25, 0.3) is 0 Å². The first-order valence-corrected chi connectivity index (χ1v) is 8.05. The number of hydrogen-bond acceptors (Lipinski definition) is 3. The fourth-order valence-corrected chi connectivity index (χ4v) is 2.70. The molecule has 0 heterocycles. The van der Waals surface area contributed by atoms with Gasteiger partial charge in [0.15, 0.2) is 0 Å². The molecule has 0 bridgehead atoms. The van der Waals surface area contributed by atoms with Gasteiger partial charge in [-0.3, -0.25) is 4.79 Å². The van der Waals surface area contributed by atoms with Crippen LogP contribution in [0.3, 0.4) is 0 Å². The molecule has 0 atom stereocenters. The van der Waals surface area contributed by atoms with E-state index < -0.39 is 10.0 Å². The number of anilines is 1. The van der Waals surface area contributed by atoms with Gasteiger partial charge in [-0.05, 0) is 24.3 Å². The summed E-state index contributed by atoms with van der Waals surface area (Å²) < 4.78 is 25.7. The van der Waals surface area contributed by atoms with E-state index in [0.717, 1.165) is 0 Å². The number of sulfonamides is 1. The normalized spacial score (nSPS) is 11.2. The predicted molar refractivity (Wildman–Crippen MR) is 74.3 cm³/mol. The first-order valence-electron chi connectivity index (χ1n) is 5.45. The van der Waals surface area contributed by atoms with Gasteiger partial charge in [-0.15, -0.1) is 0 Å².